The molecular weight excluding hydrogens is 222 g/mol. The van der Waals surface area contributed by atoms with E-state index in [1.807, 2.05) is 13.8 Å². The molecule has 1 heterocycles. The first-order valence-electron chi connectivity index (χ1n) is 6.84. The van der Waals surface area contributed by atoms with Crippen molar-refractivity contribution in [3.05, 3.63) is 29.8 Å². The van der Waals surface area contributed by atoms with Gasteiger partial charge in [-0.3, -0.25) is 4.79 Å². The van der Waals surface area contributed by atoms with Gasteiger partial charge in [-0.1, -0.05) is 26.0 Å². The van der Waals surface area contributed by atoms with Crippen LogP contribution in [0.4, 0.5) is 5.69 Å². The molecule has 0 unspecified atom stereocenters. The molecule has 0 spiro atoms. The van der Waals surface area contributed by atoms with Crippen LogP contribution in [0.2, 0.25) is 0 Å². The summed E-state index contributed by atoms with van der Waals surface area (Å²) in [6.07, 6.45) is 1.68. The fourth-order valence-corrected chi connectivity index (χ4v) is 2.62. The van der Waals surface area contributed by atoms with Gasteiger partial charge in [-0.25, -0.2) is 0 Å². The minimum Gasteiger partial charge on any atom is -0.359 e. The van der Waals surface area contributed by atoms with Crippen LogP contribution in [0.15, 0.2) is 24.3 Å². The van der Waals surface area contributed by atoms with Crippen LogP contribution in [0.5, 0.6) is 0 Å². The lowest BCUT2D eigenvalue weighted by Gasteiger charge is -2.42. The summed E-state index contributed by atoms with van der Waals surface area (Å²) in [5, 5.41) is 0. The van der Waals surface area contributed by atoms with Crippen molar-refractivity contribution in [2.24, 2.45) is 0 Å². The molecule has 1 aliphatic heterocycles. The van der Waals surface area contributed by atoms with Gasteiger partial charge in [0.25, 0.3) is 0 Å². The first kappa shape index (κ1) is 13.1. The highest BCUT2D eigenvalue weighted by Crippen LogP contribution is 2.31. The van der Waals surface area contributed by atoms with Gasteiger partial charge in [-0.05, 0) is 43.9 Å². The van der Waals surface area contributed by atoms with E-state index in [0.717, 1.165) is 18.7 Å². The second-order valence-electron chi connectivity index (χ2n) is 5.98. The lowest BCUT2D eigenvalue weighted by atomic mass is 9.88. The second kappa shape index (κ2) is 4.75. The second-order valence-corrected chi connectivity index (χ2v) is 5.98. The number of benzene rings is 1. The van der Waals surface area contributed by atoms with E-state index in [-0.39, 0.29) is 5.54 Å². The van der Waals surface area contributed by atoms with Crippen molar-refractivity contribution in [3.8, 4) is 0 Å². The zero-order valence-electron chi connectivity index (χ0n) is 11.9. The Kier molecular flexibility index (Phi) is 3.47. The Morgan fingerprint density at radius 1 is 1.17 bits per heavy atom. The summed E-state index contributed by atoms with van der Waals surface area (Å²) >= 11 is 0. The van der Waals surface area contributed by atoms with Gasteiger partial charge < -0.3 is 4.90 Å². The zero-order valence-corrected chi connectivity index (χ0v) is 11.9. The molecular formula is C16H23NO. The molecule has 2 nitrogen and oxygen atoms in total. The number of carbonyl (C=O) groups is 1. The predicted octanol–water partition coefficient (Wildman–Crippen LogP) is 3.76. The molecule has 1 aliphatic rings. The van der Waals surface area contributed by atoms with E-state index in [0.29, 0.717) is 18.1 Å². The Balaban J connectivity index is 2.27. The van der Waals surface area contributed by atoms with Crippen LogP contribution in [0.1, 0.15) is 52.0 Å². The van der Waals surface area contributed by atoms with Crippen molar-refractivity contribution in [1.82, 2.24) is 0 Å². The maximum Gasteiger partial charge on any atom is 0.157 e. The molecule has 1 saturated heterocycles. The SMILES string of the molecule is CC(C)c1ccc(N2CCCC(=O)C2(C)C)cc1. The third kappa shape index (κ3) is 2.29. The minimum absolute atomic E-state index is 0.349. The molecule has 98 valence electrons. The number of ketones is 1. The number of hydrogen-bond acceptors (Lipinski definition) is 2. The highest BCUT2D eigenvalue weighted by molar-refractivity contribution is 5.92. The Morgan fingerprint density at radius 3 is 2.33 bits per heavy atom. The zero-order chi connectivity index (χ0) is 13.3. The van der Waals surface area contributed by atoms with Gasteiger partial charge in [0.2, 0.25) is 0 Å². The number of anilines is 1. The van der Waals surface area contributed by atoms with Gasteiger partial charge in [0.05, 0.1) is 5.54 Å². The highest BCUT2D eigenvalue weighted by Gasteiger charge is 2.37. The molecule has 1 aromatic rings. The first-order chi connectivity index (χ1) is 8.43. The van der Waals surface area contributed by atoms with Crippen LogP contribution in [-0.2, 0) is 4.79 Å². The molecule has 0 amide bonds. The van der Waals surface area contributed by atoms with Crippen molar-refractivity contribution in [2.75, 3.05) is 11.4 Å². The molecule has 0 bridgehead atoms. The smallest absolute Gasteiger partial charge is 0.157 e. The van der Waals surface area contributed by atoms with E-state index in [4.69, 9.17) is 0 Å². The Bertz CT molecular complexity index is 431. The van der Waals surface area contributed by atoms with Crippen LogP contribution in [0, 0.1) is 0 Å². The molecule has 1 aromatic carbocycles. The van der Waals surface area contributed by atoms with Gasteiger partial charge in [-0.2, -0.15) is 0 Å². The Labute approximate surface area is 110 Å². The third-order valence-electron chi connectivity index (χ3n) is 4.01. The molecule has 0 saturated carbocycles. The Hall–Kier alpha value is -1.31. The maximum atomic E-state index is 12.0. The molecule has 2 rings (SSSR count). The largest absolute Gasteiger partial charge is 0.359 e. The summed E-state index contributed by atoms with van der Waals surface area (Å²) in [4.78, 5) is 14.3. The van der Waals surface area contributed by atoms with E-state index in [2.05, 4.69) is 43.0 Å². The third-order valence-corrected chi connectivity index (χ3v) is 4.01. The molecule has 1 fully saturated rings. The van der Waals surface area contributed by atoms with E-state index < -0.39 is 0 Å². The van der Waals surface area contributed by atoms with Crippen LogP contribution in [0.3, 0.4) is 0 Å². The van der Waals surface area contributed by atoms with Gasteiger partial charge in [-0.15, -0.1) is 0 Å². The van der Waals surface area contributed by atoms with Crippen molar-refractivity contribution in [1.29, 1.82) is 0 Å². The lowest BCUT2D eigenvalue weighted by Crippen LogP contribution is -2.54. The quantitative estimate of drug-likeness (QED) is 0.790. The van der Waals surface area contributed by atoms with Gasteiger partial charge in [0, 0.05) is 18.7 Å². The summed E-state index contributed by atoms with van der Waals surface area (Å²) in [5.74, 6) is 0.900. The van der Waals surface area contributed by atoms with Crippen LogP contribution in [0.25, 0.3) is 0 Å². The van der Waals surface area contributed by atoms with E-state index in [1.165, 1.54) is 5.56 Å². The van der Waals surface area contributed by atoms with Crippen molar-refractivity contribution < 1.29 is 4.79 Å². The molecule has 0 radical (unpaired) electrons. The summed E-state index contributed by atoms with van der Waals surface area (Å²) in [6.45, 7) is 9.43. The topological polar surface area (TPSA) is 20.3 Å². The maximum absolute atomic E-state index is 12.0. The van der Waals surface area contributed by atoms with E-state index in [1.54, 1.807) is 0 Å². The van der Waals surface area contributed by atoms with Gasteiger partial charge in [0.1, 0.15) is 0 Å². The Morgan fingerprint density at radius 2 is 1.78 bits per heavy atom. The van der Waals surface area contributed by atoms with Crippen molar-refractivity contribution in [3.63, 3.8) is 0 Å². The number of rotatable bonds is 2. The first-order valence-corrected chi connectivity index (χ1v) is 6.84. The number of Topliss-reactive ketones (excluding diaryl/α,β-unsaturated/α-hetero) is 1. The summed E-state index contributed by atoms with van der Waals surface area (Å²) < 4.78 is 0. The molecule has 2 heteroatoms. The molecule has 18 heavy (non-hydrogen) atoms. The lowest BCUT2D eigenvalue weighted by molar-refractivity contribution is -0.124. The standard InChI is InChI=1S/C16H23NO/c1-12(2)13-7-9-14(10-8-13)17-11-5-6-15(18)16(17,3)4/h7-10,12H,5-6,11H2,1-4H3. The van der Waals surface area contributed by atoms with E-state index in [9.17, 15) is 4.79 Å². The monoisotopic (exact) mass is 245 g/mol. The van der Waals surface area contributed by atoms with Crippen LogP contribution in [-0.4, -0.2) is 17.9 Å². The average molecular weight is 245 g/mol. The summed E-state index contributed by atoms with van der Waals surface area (Å²) in [5.41, 5.74) is 2.15. The van der Waals surface area contributed by atoms with Crippen LogP contribution >= 0.6 is 0 Å². The number of nitrogens with zero attached hydrogens (tertiary/aromatic N) is 1. The number of piperidine rings is 1. The predicted molar refractivity (Wildman–Crippen MR) is 76.2 cm³/mol. The summed E-state index contributed by atoms with van der Waals surface area (Å²) in [7, 11) is 0. The average Bonchev–Trinajstić information content (AvgIpc) is 2.33. The van der Waals surface area contributed by atoms with Crippen molar-refractivity contribution in [2.45, 2.75) is 52.0 Å². The number of hydrogen-bond donors (Lipinski definition) is 0. The highest BCUT2D eigenvalue weighted by atomic mass is 16.1. The van der Waals surface area contributed by atoms with Crippen molar-refractivity contribution >= 4 is 11.5 Å². The van der Waals surface area contributed by atoms with Crippen LogP contribution < -0.4 is 4.90 Å². The molecule has 0 aliphatic carbocycles. The molecule has 0 aromatic heterocycles. The minimum atomic E-state index is -0.363. The van der Waals surface area contributed by atoms with E-state index >= 15 is 0 Å². The molecule has 0 N–H and O–H groups in total. The van der Waals surface area contributed by atoms with Gasteiger partial charge in [0.15, 0.2) is 5.78 Å². The summed E-state index contributed by atoms with van der Waals surface area (Å²) in [6, 6.07) is 8.65. The normalized spacial score (nSPS) is 19.4. The fourth-order valence-electron chi connectivity index (χ4n) is 2.62. The van der Waals surface area contributed by atoms with Gasteiger partial charge >= 0.3 is 0 Å². The number of carbonyl (C=O) groups excluding carboxylic acids is 1. The molecule has 0 atom stereocenters. The fraction of sp³-hybridized carbons (Fsp3) is 0.562.